The van der Waals surface area contributed by atoms with E-state index in [-0.39, 0.29) is 16.6 Å². The number of nitrogens with zero attached hydrogens (tertiary/aromatic N) is 4. The molecule has 0 unspecified atom stereocenters. The van der Waals surface area contributed by atoms with Gasteiger partial charge in [0, 0.05) is 23.5 Å². The molecule has 0 fully saturated rings. The molecule has 1 N–H and O–H groups in total. The number of aromatic nitrogens is 4. The number of thiazole rings is 1. The van der Waals surface area contributed by atoms with Crippen LogP contribution in [0.1, 0.15) is 26.8 Å². The van der Waals surface area contributed by atoms with Crippen LogP contribution in [0.2, 0.25) is 5.02 Å². The molecule has 0 saturated carbocycles. The van der Waals surface area contributed by atoms with E-state index in [0.717, 1.165) is 22.0 Å². The van der Waals surface area contributed by atoms with Crippen LogP contribution < -0.4 is 5.32 Å². The fourth-order valence-corrected chi connectivity index (χ4v) is 3.79. The quantitative estimate of drug-likeness (QED) is 0.750. The molecule has 0 aliphatic heterocycles. The summed E-state index contributed by atoms with van der Waals surface area (Å²) in [4.78, 5) is 21.0. The molecule has 6 nitrogen and oxygen atoms in total. The Kier molecular flexibility index (Phi) is 4.84. The monoisotopic (exact) mass is 367 g/mol. The van der Waals surface area contributed by atoms with E-state index < -0.39 is 0 Å². The summed E-state index contributed by atoms with van der Waals surface area (Å²) in [5.41, 5.74) is 2.41. The number of amides is 1. The van der Waals surface area contributed by atoms with Gasteiger partial charge in [-0.3, -0.25) is 4.79 Å². The lowest BCUT2D eigenvalue weighted by Gasteiger charge is -2.00. The highest BCUT2D eigenvalue weighted by atomic mass is 35.5. The van der Waals surface area contributed by atoms with E-state index in [9.17, 15) is 4.79 Å². The first kappa shape index (κ1) is 16.2. The Morgan fingerprint density at radius 1 is 1.52 bits per heavy atom. The number of carbonyl (C=O) groups is 1. The largest absolute Gasteiger partial charge is 0.345 e. The van der Waals surface area contributed by atoms with Crippen molar-refractivity contribution >= 4 is 46.3 Å². The smallest absolute Gasteiger partial charge is 0.273 e. The van der Waals surface area contributed by atoms with Crippen LogP contribution in [0.15, 0.2) is 17.8 Å². The van der Waals surface area contributed by atoms with Gasteiger partial charge in [0.1, 0.15) is 10.0 Å². The van der Waals surface area contributed by atoms with Crippen LogP contribution in [-0.4, -0.2) is 31.7 Å². The highest BCUT2D eigenvalue weighted by molar-refractivity contribution is 7.97. The number of halogens is 1. The van der Waals surface area contributed by atoms with Gasteiger partial charge >= 0.3 is 0 Å². The zero-order valence-electron chi connectivity index (χ0n) is 12.5. The maximum Gasteiger partial charge on any atom is 0.273 e. The lowest BCUT2D eigenvalue weighted by molar-refractivity contribution is 0.0945. The van der Waals surface area contributed by atoms with Crippen molar-refractivity contribution in [1.29, 1.82) is 0 Å². The van der Waals surface area contributed by atoms with Crippen LogP contribution in [0.5, 0.6) is 0 Å². The Morgan fingerprint density at radius 3 is 3.13 bits per heavy atom. The first-order valence-electron chi connectivity index (χ1n) is 6.79. The van der Waals surface area contributed by atoms with Crippen LogP contribution in [0, 0.1) is 6.92 Å². The van der Waals surface area contributed by atoms with Crippen molar-refractivity contribution < 1.29 is 4.79 Å². The molecule has 120 valence electrons. The molecule has 0 aliphatic rings. The van der Waals surface area contributed by atoms with Crippen molar-refractivity contribution in [3.8, 4) is 0 Å². The number of nitrogens with one attached hydrogen (secondary N) is 1. The summed E-state index contributed by atoms with van der Waals surface area (Å²) >= 11 is 9.52. The third-order valence-corrected chi connectivity index (χ3v) is 5.05. The van der Waals surface area contributed by atoms with Gasteiger partial charge < -0.3 is 5.32 Å². The number of carbonyl (C=O) groups excluding carboxylic acids is 1. The number of hydrogen-bond acceptors (Lipinski definition) is 6. The number of thioether (sulfide) groups is 1. The zero-order chi connectivity index (χ0) is 16.4. The van der Waals surface area contributed by atoms with E-state index in [1.165, 1.54) is 4.52 Å². The Hall–Kier alpha value is -1.64. The topological polar surface area (TPSA) is 72.2 Å². The van der Waals surface area contributed by atoms with Gasteiger partial charge in [-0.1, -0.05) is 11.6 Å². The van der Waals surface area contributed by atoms with E-state index >= 15 is 0 Å². The molecule has 0 aliphatic carbocycles. The van der Waals surface area contributed by atoms with Crippen molar-refractivity contribution in [2.75, 3.05) is 6.26 Å². The molecule has 3 aromatic heterocycles. The molecule has 0 atom stereocenters. The van der Waals surface area contributed by atoms with E-state index in [4.69, 9.17) is 11.6 Å². The molecule has 1 amide bonds. The second-order valence-electron chi connectivity index (χ2n) is 4.91. The summed E-state index contributed by atoms with van der Waals surface area (Å²) in [7, 11) is 0. The lowest BCUT2D eigenvalue weighted by atomic mass is 10.3. The van der Waals surface area contributed by atoms with Gasteiger partial charge in [0.15, 0.2) is 11.3 Å². The lowest BCUT2D eigenvalue weighted by Crippen LogP contribution is -2.23. The van der Waals surface area contributed by atoms with Gasteiger partial charge in [-0.15, -0.1) is 11.3 Å². The third kappa shape index (κ3) is 3.49. The van der Waals surface area contributed by atoms with Gasteiger partial charge in [-0.05, 0) is 18.7 Å². The second-order valence-corrected chi connectivity index (χ2v) is 7.10. The molecule has 0 saturated heterocycles. The Morgan fingerprint density at radius 2 is 2.35 bits per heavy atom. The summed E-state index contributed by atoms with van der Waals surface area (Å²) in [6.45, 7) is 2.25. The summed E-state index contributed by atoms with van der Waals surface area (Å²) in [6.07, 6.45) is 5.50. The predicted octanol–water partition coefficient (Wildman–Crippen LogP) is 2.94. The van der Waals surface area contributed by atoms with Crippen molar-refractivity contribution in [1.82, 2.24) is 24.9 Å². The SMILES string of the molecule is CSCc1nc(CNC(=O)c2nn3cc(C)cnc3c2Cl)cs1. The maximum atomic E-state index is 12.3. The minimum absolute atomic E-state index is 0.171. The summed E-state index contributed by atoms with van der Waals surface area (Å²) in [5, 5.41) is 10.3. The fraction of sp³-hybridized carbons (Fsp3) is 0.286. The third-order valence-electron chi connectivity index (χ3n) is 3.06. The molecule has 0 radical (unpaired) electrons. The minimum Gasteiger partial charge on any atom is -0.345 e. The van der Waals surface area contributed by atoms with Crippen molar-refractivity contribution in [2.45, 2.75) is 19.2 Å². The molecule has 3 rings (SSSR count). The zero-order valence-corrected chi connectivity index (χ0v) is 14.9. The van der Waals surface area contributed by atoms with E-state index in [2.05, 4.69) is 20.4 Å². The summed E-state index contributed by atoms with van der Waals surface area (Å²) in [6, 6.07) is 0. The van der Waals surface area contributed by atoms with Crippen molar-refractivity contribution in [2.24, 2.45) is 0 Å². The van der Waals surface area contributed by atoms with Crippen LogP contribution in [-0.2, 0) is 12.3 Å². The number of aryl methyl sites for hydroxylation is 1. The molecule has 9 heteroatoms. The molecule has 3 aromatic rings. The van der Waals surface area contributed by atoms with Crippen LogP contribution in [0.25, 0.3) is 5.65 Å². The van der Waals surface area contributed by atoms with Crippen molar-refractivity contribution in [3.05, 3.63) is 44.8 Å². The molecule has 0 aromatic carbocycles. The van der Waals surface area contributed by atoms with E-state index in [1.807, 2.05) is 18.6 Å². The maximum absolute atomic E-state index is 12.3. The highest BCUT2D eigenvalue weighted by Crippen LogP contribution is 2.20. The molecule has 0 spiro atoms. The summed E-state index contributed by atoms with van der Waals surface area (Å²) < 4.78 is 1.52. The molecule has 23 heavy (non-hydrogen) atoms. The number of hydrogen-bond donors (Lipinski definition) is 1. The van der Waals surface area contributed by atoms with Gasteiger partial charge in [0.05, 0.1) is 12.2 Å². The number of fused-ring (bicyclic) bond motifs is 1. The minimum atomic E-state index is -0.336. The molecular formula is C14H14ClN5OS2. The fourth-order valence-electron chi connectivity index (χ4n) is 2.02. The average molecular weight is 368 g/mol. The highest BCUT2D eigenvalue weighted by Gasteiger charge is 2.19. The summed E-state index contributed by atoms with van der Waals surface area (Å²) in [5.74, 6) is 0.541. The van der Waals surface area contributed by atoms with Gasteiger partial charge in [0.2, 0.25) is 0 Å². The standard InChI is InChI=1S/C14H14ClN5OS2/c1-8-3-16-13-11(15)12(19-20(13)5-8)14(21)17-4-9-6-23-10(18-9)7-22-2/h3,5-6H,4,7H2,1-2H3,(H,17,21). The molecular weight excluding hydrogens is 354 g/mol. The number of rotatable bonds is 5. The van der Waals surface area contributed by atoms with Gasteiger partial charge in [0.25, 0.3) is 5.91 Å². The average Bonchev–Trinajstić information content (AvgIpc) is 3.10. The second kappa shape index (κ2) is 6.86. The Labute approximate surface area is 146 Å². The normalized spacial score (nSPS) is 11.1. The van der Waals surface area contributed by atoms with Gasteiger partial charge in [-0.25, -0.2) is 14.5 Å². The van der Waals surface area contributed by atoms with Crippen LogP contribution in [0.3, 0.4) is 0 Å². The predicted molar refractivity (Wildman–Crippen MR) is 93.2 cm³/mol. The van der Waals surface area contributed by atoms with E-state index in [0.29, 0.717) is 12.2 Å². The van der Waals surface area contributed by atoms with Crippen LogP contribution in [0.4, 0.5) is 0 Å². The van der Waals surface area contributed by atoms with E-state index in [1.54, 1.807) is 35.5 Å². The van der Waals surface area contributed by atoms with Crippen LogP contribution >= 0.6 is 34.7 Å². The Bertz CT molecular complexity index is 860. The Balaban J connectivity index is 1.74. The first-order chi connectivity index (χ1) is 11.1. The molecule has 0 bridgehead atoms. The van der Waals surface area contributed by atoms with Gasteiger partial charge in [-0.2, -0.15) is 16.9 Å². The van der Waals surface area contributed by atoms with Crippen molar-refractivity contribution in [3.63, 3.8) is 0 Å². The molecule has 3 heterocycles. The first-order valence-corrected chi connectivity index (χ1v) is 9.44.